The second-order valence-corrected chi connectivity index (χ2v) is 5.39. The average molecular weight is 235 g/mol. The van der Waals surface area contributed by atoms with Crippen molar-refractivity contribution >= 4 is 5.91 Å². The highest BCUT2D eigenvalue weighted by atomic mass is 16.2. The molecule has 3 rings (SSSR count). The molecule has 1 aromatic heterocycles. The van der Waals surface area contributed by atoms with Crippen molar-refractivity contribution in [2.45, 2.75) is 25.8 Å². The third kappa shape index (κ3) is 2.17. The number of hydrogen-bond acceptors (Lipinski definition) is 4. The fraction of sp³-hybridized carbons (Fsp3) is 0.727. The van der Waals surface area contributed by atoms with Crippen LogP contribution in [0.3, 0.4) is 0 Å². The zero-order chi connectivity index (χ0) is 11.9. The molecule has 0 unspecified atom stereocenters. The van der Waals surface area contributed by atoms with E-state index in [-0.39, 0.29) is 5.91 Å². The van der Waals surface area contributed by atoms with Crippen molar-refractivity contribution in [2.75, 3.05) is 19.6 Å². The van der Waals surface area contributed by atoms with Crippen LogP contribution in [0.25, 0.3) is 0 Å². The number of hydrogen-bond donors (Lipinski definition) is 2. The summed E-state index contributed by atoms with van der Waals surface area (Å²) in [5, 5.41) is 14.0. The van der Waals surface area contributed by atoms with Crippen LogP contribution >= 0.6 is 0 Å². The number of carbonyl (C=O) groups excluding carboxylic acids is 1. The van der Waals surface area contributed by atoms with Gasteiger partial charge in [-0.05, 0) is 18.3 Å². The molecule has 1 aliphatic heterocycles. The summed E-state index contributed by atoms with van der Waals surface area (Å²) in [7, 11) is 0. The molecule has 2 fully saturated rings. The molecule has 0 atom stereocenters. The van der Waals surface area contributed by atoms with Gasteiger partial charge in [0, 0.05) is 19.6 Å². The lowest BCUT2D eigenvalue weighted by Gasteiger charge is -2.26. The van der Waals surface area contributed by atoms with E-state index in [1.807, 2.05) is 0 Å². The maximum absolute atomic E-state index is 11.8. The van der Waals surface area contributed by atoms with Gasteiger partial charge in [-0.15, -0.1) is 5.10 Å². The fourth-order valence-electron chi connectivity index (χ4n) is 1.79. The molecule has 1 saturated heterocycles. The normalized spacial score (nSPS) is 21.9. The number of nitrogens with zero attached hydrogens (tertiary/aromatic N) is 3. The Morgan fingerprint density at radius 3 is 3.00 bits per heavy atom. The SMILES string of the molecule is CC1(CNC(=O)c2cn(C3CNC3)nn2)CC1. The van der Waals surface area contributed by atoms with Gasteiger partial charge in [-0.25, -0.2) is 4.68 Å². The first-order chi connectivity index (χ1) is 8.16. The molecule has 6 nitrogen and oxygen atoms in total. The lowest BCUT2D eigenvalue weighted by Crippen LogP contribution is -2.43. The third-order valence-electron chi connectivity index (χ3n) is 3.66. The van der Waals surface area contributed by atoms with Crippen LogP contribution in [-0.4, -0.2) is 40.5 Å². The zero-order valence-electron chi connectivity index (χ0n) is 9.94. The Kier molecular flexibility index (Phi) is 2.39. The highest BCUT2D eigenvalue weighted by Gasteiger charge is 2.37. The van der Waals surface area contributed by atoms with Crippen molar-refractivity contribution in [3.8, 4) is 0 Å². The van der Waals surface area contributed by atoms with Gasteiger partial charge >= 0.3 is 0 Å². The first-order valence-electron chi connectivity index (χ1n) is 6.07. The predicted molar refractivity (Wildman–Crippen MR) is 61.6 cm³/mol. The van der Waals surface area contributed by atoms with Gasteiger partial charge in [-0.3, -0.25) is 4.79 Å². The van der Waals surface area contributed by atoms with Crippen LogP contribution in [0, 0.1) is 5.41 Å². The van der Waals surface area contributed by atoms with Gasteiger partial charge in [0.05, 0.1) is 12.2 Å². The Hall–Kier alpha value is -1.43. The first kappa shape index (κ1) is 10.7. The molecule has 0 bridgehead atoms. The highest BCUT2D eigenvalue weighted by molar-refractivity contribution is 5.91. The molecular formula is C11H17N5O. The van der Waals surface area contributed by atoms with E-state index in [4.69, 9.17) is 0 Å². The van der Waals surface area contributed by atoms with Crippen molar-refractivity contribution in [1.29, 1.82) is 0 Å². The van der Waals surface area contributed by atoms with E-state index in [9.17, 15) is 4.79 Å². The van der Waals surface area contributed by atoms with Gasteiger partial charge < -0.3 is 10.6 Å². The molecule has 0 spiro atoms. The van der Waals surface area contributed by atoms with Crippen LogP contribution in [-0.2, 0) is 0 Å². The minimum atomic E-state index is -0.114. The number of nitrogens with one attached hydrogen (secondary N) is 2. The summed E-state index contributed by atoms with van der Waals surface area (Å²) < 4.78 is 1.77. The van der Waals surface area contributed by atoms with Gasteiger partial charge in [0.2, 0.25) is 0 Å². The van der Waals surface area contributed by atoms with Gasteiger partial charge in [-0.1, -0.05) is 12.1 Å². The molecule has 2 heterocycles. The molecule has 2 N–H and O–H groups in total. The van der Waals surface area contributed by atoms with Crippen LogP contribution < -0.4 is 10.6 Å². The second-order valence-electron chi connectivity index (χ2n) is 5.39. The summed E-state index contributed by atoms with van der Waals surface area (Å²) in [6.45, 7) is 4.73. The van der Waals surface area contributed by atoms with E-state index >= 15 is 0 Å². The standard InChI is InChI=1S/C11H17N5O/c1-11(2-3-11)7-13-10(17)9-6-16(15-14-9)8-4-12-5-8/h6,8,12H,2-5,7H2,1H3,(H,13,17). The summed E-state index contributed by atoms with van der Waals surface area (Å²) in [5.74, 6) is -0.114. The Labute approximate surface area is 99.8 Å². The van der Waals surface area contributed by atoms with E-state index in [1.165, 1.54) is 12.8 Å². The van der Waals surface area contributed by atoms with Crippen molar-refractivity contribution in [3.05, 3.63) is 11.9 Å². The summed E-state index contributed by atoms with van der Waals surface area (Å²) in [6.07, 6.45) is 4.14. The molecule has 1 aliphatic carbocycles. The summed E-state index contributed by atoms with van der Waals surface area (Å²) >= 11 is 0. The third-order valence-corrected chi connectivity index (χ3v) is 3.66. The van der Waals surface area contributed by atoms with E-state index in [1.54, 1.807) is 10.9 Å². The molecule has 1 amide bonds. The van der Waals surface area contributed by atoms with Crippen LogP contribution in [0.5, 0.6) is 0 Å². The van der Waals surface area contributed by atoms with E-state index in [2.05, 4.69) is 27.9 Å². The van der Waals surface area contributed by atoms with Gasteiger partial charge in [-0.2, -0.15) is 0 Å². The first-order valence-corrected chi connectivity index (χ1v) is 6.07. The van der Waals surface area contributed by atoms with Crippen LogP contribution in [0.1, 0.15) is 36.3 Å². The van der Waals surface area contributed by atoms with Crippen molar-refractivity contribution in [2.24, 2.45) is 5.41 Å². The van der Waals surface area contributed by atoms with Crippen LogP contribution in [0.15, 0.2) is 6.20 Å². The summed E-state index contributed by atoms with van der Waals surface area (Å²) in [6, 6.07) is 0.352. The lowest BCUT2D eigenvalue weighted by molar-refractivity contribution is 0.0941. The highest BCUT2D eigenvalue weighted by Crippen LogP contribution is 2.44. The molecule has 2 aliphatic rings. The number of rotatable bonds is 4. The fourth-order valence-corrected chi connectivity index (χ4v) is 1.79. The number of aromatic nitrogens is 3. The van der Waals surface area contributed by atoms with Crippen molar-refractivity contribution in [1.82, 2.24) is 25.6 Å². The Balaban J connectivity index is 1.58. The molecule has 0 aromatic carbocycles. The molecule has 0 radical (unpaired) electrons. The number of amides is 1. The monoisotopic (exact) mass is 235 g/mol. The van der Waals surface area contributed by atoms with Gasteiger partial charge in [0.25, 0.3) is 5.91 Å². The quantitative estimate of drug-likeness (QED) is 0.767. The molecular weight excluding hydrogens is 218 g/mol. The summed E-state index contributed by atoms with van der Waals surface area (Å²) in [5.41, 5.74) is 0.741. The minimum absolute atomic E-state index is 0.114. The van der Waals surface area contributed by atoms with Gasteiger partial charge in [0.15, 0.2) is 5.69 Å². The second kappa shape index (κ2) is 3.80. The maximum atomic E-state index is 11.8. The molecule has 17 heavy (non-hydrogen) atoms. The zero-order valence-corrected chi connectivity index (χ0v) is 9.94. The predicted octanol–water partition coefficient (Wildman–Crippen LogP) is -0.0477. The Morgan fingerprint density at radius 1 is 1.65 bits per heavy atom. The van der Waals surface area contributed by atoms with Crippen molar-refractivity contribution < 1.29 is 4.79 Å². The van der Waals surface area contributed by atoms with Crippen LogP contribution in [0.2, 0.25) is 0 Å². The Bertz CT molecular complexity index is 433. The molecule has 6 heteroatoms. The van der Waals surface area contributed by atoms with E-state index in [0.717, 1.165) is 19.6 Å². The largest absolute Gasteiger partial charge is 0.350 e. The smallest absolute Gasteiger partial charge is 0.273 e. The Morgan fingerprint density at radius 2 is 2.41 bits per heavy atom. The van der Waals surface area contributed by atoms with E-state index < -0.39 is 0 Å². The number of carbonyl (C=O) groups is 1. The summed E-state index contributed by atoms with van der Waals surface area (Å²) in [4.78, 5) is 11.8. The van der Waals surface area contributed by atoms with Crippen LogP contribution in [0.4, 0.5) is 0 Å². The molecule has 92 valence electrons. The topological polar surface area (TPSA) is 71.8 Å². The van der Waals surface area contributed by atoms with Gasteiger partial charge in [0.1, 0.15) is 0 Å². The minimum Gasteiger partial charge on any atom is -0.350 e. The molecule has 1 aromatic rings. The lowest BCUT2D eigenvalue weighted by atomic mass is 10.1. The molecule has 1 saturated carbocycles. The maximum Gasteiger partial charge on any atom is 0.273 e. The van der Waals surface area contributed by atoms with E-state index in [0.29, 0.717) is 17.2 Å². The van der Waals surface area contributed by atoms with Crippen molar-refractivity contribution in [3.63, 3.8) is 0 Å². The average Bonchev–Trinajstić information content (AvgIpc) is 2.77.